The highest BCUT2D eigenvalue weighted by Gasteiger charge is 2.33. The normalized spacial score (nSPS) is 12.0. The molecular formula is C27H29Cl2N3O4S. The van der Waals surface area contributed by atoms with E-state index in [0.29, 0.717) is 0 Å². The third kappa shape index (κ3) is 7.25. The number of halogens is 2. The summed E-state index contributed by atoms with van der Waals surface area (Å²) < 4.78 is 26.5. The van der Waals surface area contributed by atoms with Crippen molar-refractivity contribution in [3.8, 4) is 0 Å². The van der Waals surface area contributed by atoms with Gasteiger partial charge in [-0.05, 0) is 35.7 Å². The number of benzene rings is 3. The summed E-state index contributed by atoms with van der Waals surface area (Å²) >= 11 is 12.5. The van der Waals surface area contributed by atoms with Crippen molar-refractivity contribution in [2.24, 2.45) is 0 Å². The van der Waals surface area contributed by atoms with Crippen LogP contribution in [-0.4, -0.2) is 51.0 Å². The van der Waals surface area contributed by atoms with Crippen LogP contribution < -0.4 is 9.62 Å². The van der Waals surface area contributed by atoms with Crippen LogP contribution in [0.1, 0.15) is 16.7 Å². The SMILES string of the molecule is CNC(=O)C(Cc1ccccc1)N(Cc1ccccc1C)C(=O)CN(c1cccc(Cl)c1Cl)S(C)(=O)=O. The number of amides is 2. The number of carbonyl (C=O) groups is 2. The van der Waals surface area contributed by atoms with Gasteiger partial charge in [0.25, 0.3) is 0 Å². The van der Waals surface area contributed by atoms with E-state index in [0.717, 1.165) is 27.3 Å². The van der Waals surface area contributed by atoms with Crippen LogP contribution in [-0.2, 0) is 32.6 Å². The van der Waals surface area contributed by atoms with Crippen molar-refractivity contribution in [3.05, 3.63) is 99.5 Å². The molecule has 0 heterocycles. The minimum absolute atomic E-state index is 0.0139. The first-order valence-electron chi connectivity index (χ1n) is 11.5. The fourth-order valence-electron chi connectivity index (χ4n) is 3.97. The second kappa shape index (κ2) is 12.4. The van der Waals surface area contributed by atoms with Gasteiger partial charge in [0.1, 0.15) is 12.6 Å². The maximum Gasteiger partial charge on any atom is 0.244 e. The Kier molecular flexibility index (Phi) is 9.59. The molecule has 0 radical (unpaired) electrons. The van der Waals surface area contributed by atoms with Crippen molar-refractivity contribution >= 4 is 50.7 Å². The number of likely N-dealkylation sites (N-methyl/N-ethyl adjacent to an activating group) is 1. The molecule has 0 spiro atoms. The van der Waals surface area contributed by atoms with Crippen molar-refractivity contribution < 1.29 is 18.0 Å². The fraction of sp³-hybridized carbons (Fsp3) is 0.259. The lowest BCUT2D eigenvalue weighted by atomic mass is 10.0. The standard InChI is InChI=1S/C27H29Cl2N3O4S/c1-19-10-7-8-13-21(19)17-31(24(27(34)30-2)16-20-11-5-4-6-12-20)25(33)18-32(37(3,35)36)23-15-9-14-22(28)26(23)29/h4-15,24H,16-18H2,1-3H3,(H,30,34). The minimum atomic E-state index is -3.94. The molecule has 0 aliphatic rings. The molecule has 1 N–H and O–H groups in total. The van der Waals surface area contributed by atoms with Gasteiger partial charge in [0, 0.05) is 20.0 Å². The summed E-state index contributed by atoms with van der Waals surface area (Å²) in [4.78, 5) is 28.4. The third-order valence-corrected chi connectivity index (χ3v) is 7.93. The lowest BCUT2D eigenvalue weighted by molar-refractivity contribution is -0.139. The zero-order valence-electron chi connectivity index (χ0n) is 20.8. The molecule has 0 aliphatic heterocycles. The molecular weight excluding hydrogens is 533 g/mol. The van der Waals surface area contributed by atoms with Gasteiger partial charge in [-0.3, -0.25) is 13.9 Å². The molecule has 1 unspecified atom stereocenters. The molecule has 0 aliphatic carbocycles. The minimum Gasteiger partial charge on any atom is -0.357 e. The molecule has 0 bridgehead atoms. The molecule has 2 amide bonds. The first-order chi connectivity index (χ1) is 17.5. The van der Waals surface area contributed by atoms with Gasteiger partial charge < -0.3 is 10.2 Å². The van der Waals surface area contributed by atoms with Crippen molar-refractivity contribution in [2.45, 2.75) is 25.9 Å². The number of sulfonamides is 1. The van der Waals surface area contributed by atoms with Crippen LogP contribution in [0.4, 0.5) is 5.69 Å². The first-order valence-corrected chi connectivity index (χ1v) is 14.1. The van der Waals surface area contributed by atoms with E-state index in [1.165, 1.54) is 24.1 Å². The van der Waals surface area contributed by atoms with E-state index in [4.69, 9.17) is 23.2 Å². The molecule has 196 valence electrons. The quantitative estimate of drug-likeness (QED) is 0.396. The zero-order chi connectivity index (χ0) is 27.2. The number of hydrogen-bond donors (Lipinski definition) is 1. The summed E-state index contributed by atoms with van der Waals surface area (Å²) in [5.74, 6) is -0.924. The highest BCUT2D eigenvalue weighted by molar-refractivity contribution is 7.92. The van der Waals surface area contributed by atoms with Crippen LogP contribution in [0.3, 0.4) is 0 Å². The van der Waals surface area contributed by atoms with Gasteiger partial charge in [0.05, 0.1) is 22.0 Å². The number of carbonyl (C=O) groups excluding carboxylic acids is 2. The van der Waals surface area contributed by atoms with Crippen molar-refractivity contribution in [1.82, 2.24) is 10.2 Å². The monoisotopic (exact) mass is 561 g/mol. The maximum atomic E-state index is 13.9. The molecule has 7 nitrogen and oxygen atoms in total. The smallest absolute Gasteiger partial charge is 0.244 e. The van der Waals surface area contributed by atoms with E-state index < -0.39 is 28.5 Å². The summed E-state index contributed by atoms with van der Waals surface area (Å²) in [5, 5.41) is 2.82. The van der Waals surface area contributed by atoms with Gasteiger partial charge in [-0.1, -0.05) is 83.9 Å². The summed E-state index contributed by atoms with van der Waals surface area (Å²) in [6.07, 6.45) is 1.23. The van der Waals surface area contributed by atoms with Crippen LogP contribution >= 0.6 is 23.2 Å². The van der Waals surface area contributed by atoms with Gasteiger partial charge in [-0.2, -0.15) is 0 Å². The zero-order valence-corrected chi connectivity index (χ0v) is 23.1. The molecule has 0 aromatic heterocycles. The van der Waals surface area contributed by atoms with Gasteiger partial charge >= 0.3 is 0 Å². The summed E-state index contributed by atoms with van der Waals surface area (Å²) in [6, 6.07) is 20.5. The first kappa shape index (κ1) is 28.5. The maximum absolute atomic E-state index is 13.9. The highest BCUT2D eigenvalue weighted by atomic mass is 35.5. The van der Waals surface area contributed by atoms with Gasteiger partial charge in [-0.15, -0.1) is 0 Å². The second-order valence-electron chi connectivity index (χ2n) is 8.61. The van der Waals surface area contributed by atoms with Crippen LogP contribution in [0.15, 0.2) is 72.8 Å². The van der Waals surface area contributed by atoms with E-state index >= 15 is 0 Å². The van der Waals surface area contributed by atoms with Crippen molar-refractivity contribution in [2.75, 3.05) is 24.2 Å². The van der Waals surface area contributed by atoms with Crippen LogP contribution in [0.25, 0.3) is 0 Å². The summed E-state index contributed by atoms with van der Waals surface area (Å²) in [7, 11) is -2.43. The lowest BCUT2D eigenvalue weighted by Crippen LogP contribution is -2.53. The average Bonchev–Trinajstić information content (AvgIpc) is 2.87. The van der Waals surface area contributed by atoms with Crippen molar-refractivity contribution in [3.63, 3.8) is 0 Å². The van der Waals surface area contributed by atoms with E-state index in [2.05, 4.69) is 5.32 Å². The van der Waals surface area contributed by atoms with Crippen LogP contribution in [0.2, 0.25) is 10.0 Å². The fourth-order valence-corrected chi connectivity index (χ4v) is 5.27. The Bertz CT molecular complexity index is 1370. The van der Waals surface area contributed by atoms with E-state index in [1.54, 1.807) is 6.07 Å². The van der Waals surface area contributed by atoms with E-state index in [9.17, 15) is 18.0 Å². The van der Waals surface area contributed by atoms with Crippen LogP contribution in [0, 0.1) is 6.92 Å². The van der Waals surface area contributed by atoms with Crippen LogP contribution in [0.5, 0.6) is 0 Å². The number of aryl methyl sites for hydroxylation is 1. The molecule has 3 aromatic carbocycles. The Hall–Kier alpha value is -3.07. The molecule has 0 fully saturated rings. The predicted octanol–water partition coefficient (Wildman–Crippen LogP) is 4.45. The van der Waals surface area contributed by atoms with Gasteiger partial charge in [0.15, 0.2) is 0 Å². The molecule has 0 saturated carbocycles. The molecule has 0 saturated heterocycles. The topological polar surface area (TPSA) is 86.8 Å². The van der Waals surface area contributed by atoms with Gasteiger partial charge in [0.2, 0.25) is 21.8 Å². The van der Waals surface area contributed by atoms with Gasteiger partial charge in [-0.25, -0.2) is 8.42 Å². The van der Waals surface area contributed by atoms with Crippen molar-refractivity contribution in [1.29, 1.82) is 0 Å². The summed E-state index contributed by atoms with van der Waals surface area (Å²) in [5.41, 5.74) is 2.72. The number of anilines is 1. The highest BCUT2D eigenvalue weighted by Crippen LogP contribution is 2.34. The third-order valence-electron chi connectivity index (χ3n) is 6.00. The number of rotatable bonds is 10. The summed E-state index contributed by atoms with van der Waals surface area (Å²) in [6.45, 7) is 1.46. The Morgan fingerprint density at radius 1 is 0.946 bits per heavy atom. The molecule has 1 atom stereocenters. The van der Waals surface area contributed by atoms with E-state index in [1.807, 2.05) is 61.5 Å². The number of nitrogens with zero attached hydrogens (tertiary/aromatic N) is 2. The molecule has 3 rings (SSSR count). The lowest BCUT2D eigenvalue weighted by Gasteiger charge is -2.33. The molecule has 10 heteroatoms. The Morgan fingerprint density at radius 3 is 2.22 bits per heavy atom. The Labute approximate surface area is 228 Å². The molecule has 37 heavy (non-hydrogen) atoms. The predicted molar refractivity (Wildman–Crippen MR) is 148 cm³/mol. The Morgan fingerprint density at radius 2 is 1.59 bits per heavy atom. The number of nitrogens with one attached hydrogen (secondary N) is 1. The van der Waals surface area contributed by atoms with E-state index in [-0.39, 0.29) is 34.6 Å². The molecule has 3 aromatic rings. The average molecular weight is 563 g/mol. The largest absolute Gasteiger partial charge is 0.357 e. The second-order valence-corrected chi connectivity index (χ2v) is 11.3. The number of hydrogen-bond acceptors (Lipinski definition) is 4. The Balaban J connectivity index is 2.07.